The van der Waals surface area contributed by atoms with E-state index in [2.05, 4.69) is 30.0 Å². The normalized spacial score (nSPS) is 13.5. The van der Waals surface area contributed by atoms with Crippen LogP contribution in [0.1, 0.15) is 40.2 Å². The highest BCUT2D eigenvalue weighted by atomic mass is 79.9. The second-order valence-electron chi connectivity index (χ2n) is 8.13. The first-order chi connectivity index (χ1) is 17.7. The van der Waals surface area contributed by atoms with Crippen LogP contribution in [0, 0.1) is 0 Å². The van der Waals surface area contributed by atoms with Crippen molar-refractivity contribution >= 4 is 67.9 Å². The number of aromatic nitrogens is 2. The summed E-state index contributed by atoms with van der Waals surface area (Å²) in [5, 5.41) is 13.8. The zero-order valence-electron chi connectivity index (χ0n) is 19.4. The van der Waals surface area contributed by atoms with E-state index in [1.165, 1.54) is 18.2 Å². The van der Waals surface area contributed by atoms with Crippen LogP contribution in [0.5, 0.6) is 0 Å². The molecule has 0 saturated heterocycles. The zero-order chi connectivity index (χ0) is 26.5. The number of hydrogen-bond acceptors (Lipinski definition) is 7. The molecule has 3 unspecified atom stereocenters. The van der Waals surface area contributed by atoms with Crippen LogP contribution in [0.25, 0.3) is 0 Å². The van der Waals surface area contributed by atoms with E-state index in [4.69, 9.17) is 11.6 Å². The largest absolute Gasteiger partial charge is 0.755 e. The Balaban J connectivity index is 1.66. The lowest BCUT2D eigenvalue weighted by molar-refractivity contribution is 0.0852. The highest BCUT2D eigenvalue weighted by Gasteiger charge is 2.26. The molecular formula is C25H21BrClN4O4S2-. The molecule has 1 aromatic heterocycles. The fourth-order valence-electron chi connectivity index (χ4n) is 3.73. The van der Waals surface area contributed by atoms with E-state index >= 15 is 0 Å². The summed E-state index contributed by atoms with van der Waals surface area (Å²) in [5.41, 5.74) is 2.03. The molecule has 192 valence electrons. The van der Waals surface area contributed by atoms with Gasteiger partial charge in [-0.2, -0.15) is 8.75 Å². The molecule has 0 aliphatic carbocycles. The molecule has 1 heterocycles. The highest BCUT2D eigenvalue weighted by molar-refractivity contribution is 9.10. The van der Waals surface area contributed by atoms with Crippen molar-refractivity contribution in [3.05, 3.63) is 105 Å². The zero-order valence-corrected chi connectivity index (χ0v) is 23.4. The minimum atomic E-state index is -2.85. The molecule has 12 heteroatoms. The number of carbonyl (C=O) groups excluding carboxylic acids is 1. The van der Waals surface area contributed by atoms with E-state index in [0.29, 0.717) is 17.7 Å². The van der Waals surface area contributed by atoms with E-state index in [1.807, 2.05) is 36.4 Å². The fourth-order valence-corrected chi connectivity index (χ4v) is 5.51. The maximum Gasteiger partial charge on any atom is 0.253 e. The molecule has 4 aromatic rings. The topological polar surface area (TPSA) is 118 Å². The Morgan fingerprint density at radius 2 is 1.92 bits per heavy atom. The molecule has 0 fully saturated rings. The number of aliphatic hydroxyl groups excluding tert-OH is 1. The Labute approximate surface area is 234 Å². The molecule has 2 N–H and O–H groups in total. The summed E-state index contributed by atoms with van der Waals surface area (Å²) in [6.07, 6.45) is -0.652. The summed E-state index contributed by atoms with van der Waals surface area (Å²) >= 11 is 7.61. The number of carbonyl (C=O) groups is 1. The average molecular weight is 621 g/mol. The van der Waals surface area contributed by atoms with Gasteiger partial charge in [0, 0.05) is 15.9 Å². The van der Waals surface area contributed by atoms with Gasteiger partial charge in [-0.1, -0.05) is 70.0 Å². The van der Waals surface area contributed by atoms with Crippen molar-refractivity contribution in [3.8, 4) is 0 Å². The number of anilines is 2. The number of halogens is 2. The van der Waals surface area contributed by atoms with Gasteiger partial charge in [0.05, 0.1) is 46.4 Å². The molecule has 8 nitrogen and oxygen atoms in total. The van der Waals surface area contributed by atoms with Crippen LogP contribution < -0.4 is 9.62 Å². The van der Waals surface area contributed by atoms with Crippen LogP contribution in [-0.4, -0.2) is 34.6 Å². The monoisotopic (exact) mass is 619 g/mol. The molecule has 0 bridgehead atoms. The van der Waals surface area contributed by atoms with Crippen LogP contribution >= 0.6 is 39.3 Å². The Morgan fingerprint density at radius 1 is 1.16 bits per heavy atom. The third kappa shape index (κ3) is 6.61. The summed E-state index contributed by atoms with van der Waals surface area (Å²) in [4.78, 5) is 13.3. The van der Waals surface area contributed by atoms with E-state index in [9.17, 15) is 18.7 Å². The standard InChI is InChI=1S/C25H22BrClN4O4S2/c1-15(23(32)17-8-5-9-18(26)13-17)28-25(33)20-11-10-19(27)14-22(20)31(37(34)35)24-21(29-36-30-24)12-16-6-3-2-4-7-16/h2-11,13-15,23,32H,12H2,1H3,(H,28,33)(H,34,35)/p-1. The van der Waals surface area contributed by atoms with Crippen molar-refractivity contribution in [2.24, 2.45) is 0 Å². The summed E-state index contributed by atoms with van der Waals surface area (Å²) in [6.45, 7) is 1.66. The van der Waals surface area contributed by atoms with Crippen molar-refractivity contribution < 1.29 is 18.7 Å². The summed E-state index contributed by atoms with van der Waals surface area (Å²) in [7, 11) is 0. The molecule has 0 spiro atoms. The van der Waals surface area contributed by atoms with E-state index in [1.54, 1.807) is 25.1 Å². The number of aliphatic hydroxyl groups is 1. The van der Waals surface area contributed by atoms with Crippen LogP contribution in [0.4, 0.5) is 11.5 Å². The van der Waals surface area contributed by atoms with Crippen LogP contribution in [0.3, 0.4) is 0 Å². The molecular weight excluding hydrogens is 600 g/mol. The van der Waals surface area contributed by atoms with E-state index < -0.39 is 29.3 Å². The quantitative estimate of drug-likeness (QED) is 0.244. The van der Waals surface area contributed by atoms with Crippen LogP contribution in [0.2, 0.25) is 5.02 Å². The molecule has 0 aliphatic heterocycles. The molecule has 37 heavy (non-hydrogen) atoms. The number of nitrogens with zero attached hydrogens (tertiary/aromatic N) is 3. The first-order valence-electron chi connectivity index (χ1n) is 11.0. The van der Waals surface area contributed by atoms with Gasteiger partial charge in [-0.15, -0.1) is 0 Å². The summed E-state index contributed by atoms with van der Waals surface area (Å²) in [5.74, 6) is -0.503. The third-order valence-corrected chi connectivity index (χ3v) is 7.49. The maximum atomic E-state index is 13.3. The molecule has 0 saturated carbocycles. The Morgan fingerprint density at radius 3 is 2.62 bits per heavy atom. The molecule has 1 amide bonds. The lowest BCUT2D eigenvalue weighted by Crippen LogP contribution is -2.38. The molecule has 3 atom stereocenters. The number of amides is 1. The van der Waals surface area contributed by atoms with Crippen molar-refractivity contribution in [1.82, 2.24) is 14.1 Å². The smallest absolute Gasteiger partial charge is 0.253 e. The van der Waals surface area contributed by atoms with Crippen molar-refractivity contribution in [1.29, 1.82) is 0 Å². The lowest BCUT2D eigenvalue weighted by atomic mass is 10.0. The van der Waals surface area contributed by atoms with Gasteiger partial charge in [0.15, 0.2) is 5.82 Å². The third-order valence-electron chi connectivity index (χ3n) is 5.54. The van der Waals surface area contributed by atoms with Gasteiger partial charge >= 0.3 is 0 Å². The predicted octanol–water partition coefficient (Wildman–Crippen LogP) is 5.33. The van der Waals surface area contributed by atoms with Crippen molar-refractivity contribution in [2.75, 3.05) is 4.31 Å². The first-order valence-corrected chi connectivity index (χ1v) is 14.0. The van der Waals surface area contributed by atoms with Crippen molar-refractivity contribution in [3.63, 3.8) is 0 Å². The maximum absolute atomic E-state index is 13.3. The Bertz CT molecular complexity index is 1420. The van der Waals surface area contributed by atoms with Gasteiger partial charge in [0.2, 0.25) is 0 Å². The highest BCUT2D eigenvalue weighted by Crippen LogP contribution is 2.34. The second kappa shape index (κ2) is 12.2. The predicted molar refractivity (Wildman–Crippen MR) is 148 cm³/mol. The summed E-state index contributed by atoms with van der Waals surface area (Å²) in [6, 6.07) is 20.2. The van der Waals surface area contributed by atoms with Crippen LogP contribution in [0.15, 0.2) is 77.3 Å². The first kappa shape index (κ1) is 27.4. The number of rotatable bonds is 9. The Hall–Kier alpha value is -2.67. The lowest BCUT2D eigenvalue weighted by Gasteiger charge is -2.28. The number of hydrogen-bond donors (Lipinski definition) is 2. The molecule has 4 rings (SSSR count). The minimum absolute atomic E-state index is 0.0180. The van der Waals surface area contributed by atoms with E-state index in [-0.39, 0.29) is 22.1 Å². The fraction of sp³-hybridized carbons (Fsp3) is 0.160. The van der Waals surface area contributed by atoms with Gasteiger partial charge in [-0.05, 0) is 48.4 Å². The SMILES string of the molecule is CC(NC(=O)c1ccc(Cl)cc1N(c1nsnc1Cc1ccccc1)S(=O)[O-])C(O)c1cccc(Br)c1. The van der Waals surface area contributed by atoms with Gasteiger partial charge < -0.3 is 15.0 Å². The molecule has 3 aromatic carbocycles. The Kier molecular flexibility index (Phi) is 9.06. The van der Waals surface area contributed by atoms with Crippen LogP contribution in [-0.2, 0) is 17.7 Å². The van der Waals surface area contributed by atoms with Gasteiger partial charge in [-0.25, -0.2) is 0 Å². The minimum Gasteiger partial charge on any atom is -0.755 e. The second-order valence-corrected chi connectivity index (χ2v) is 10.8. The van der Waals surface area contributed by atoms with E-state index in [0.717, 1.165) is 26.1 Å². The number of nitrogens with one attached hydrogen (secondary N) is 1. The van der Waals surface area contributed by atoms with Crippen molar-refractivity contribution in [2.45, 2.75) is 25.5 Å². The molecule has 0 aliphatic rings. The van der Waals surface area contributed by atoms with Gasteiger partial charge in [-0.3, -0.25) is 13.3 Å². The van der Waals surface area contributed by atoms with Gasteiger partial charge in [0.25, 0.3) is 5.91 Å². The summed E-state index contributed by atoms with van der Waals surface area (Å²) < 4.78 is 35.2. The van der Waals surface area contributed by atoms with Gasteiger partial charge in [0.1, 0.15) is 5.69 Å². The molecule has 0 radical (unpaired) electrons. The average Bonchev–Trinajstić information content (AvgIpc) is 3.31. The number of benzene rings is 3.